The number of benzene rings is 1. The lowest BCUT2D eigenvalue weighted by Gasteiger charge is -2.24. The molecule has 25 heavy (non-hydrogen) atoms. The molecule has 0 unspecified atom stereocenters. The van der Waals surface area contributed by atoms with Crippen LogP contribution in [0.3, 0.4) is 0 Å². The van der Waals surface area contributed by atoms with E-state index in [2.05, 4.69) is 10.2 Å². The Kier molecular flexibility index (Phi) is 5.64. The summed E-state index contributed by atoms with van der Waals surface area (Å²) >= 11 is 0. The minimum Gasteiger partial charge on any atom is -0.370 e. The van der Waals surface area contributed by atoms with Crippen LogP contribution in [0.4, 0.5) is 5.69 Å². The van der Waals surface area contributed by atoms with Crippen LogP contribution in [-0.2, 0) is 10.0 Å². The van der Waals surface area contributed by atoms with Crippen molar-refractivity contribution in [2.24, 2.45) is 0 Å². The fourth-order valence-corrected chi connectivity index (χ4v) is 5.24. The highest BCUT2D eigenvalue weighted by atomic mass is 32.2. The van der Waals surface area contributed by atoms with Crippen molar-refractivity contribution in [3.8, 4) is 0 Å². The smallest absolute Gasteiger partial charge is 0.251 e. The Morgan fingerprint density at radius 2 is 1.72 bits per heavy atom. The van der Waals surface area contributed by atoms with Crippen molar-refractivity contribution in [2.75, 3.05) is 37.6 Å². The van der Waals surface area contributed by atoms with Crippen LogP contribution < -0.4 is 10.2 Å². The fourth-order valence-electron chi connectivity index (χ4n) is 3.49. The molecule has 0 aromatic heterocycles. The average molecular weight is 365 g/mol. The van der Waals surface area contributed by atoms with Gasteiger partial charge in [0.25, 0.3) is 5.91 Å². The molecule has 1 amide bonds. The quantitative estimate of drug-likeness (QED) is 0.839. The lowest BCUT2D eigenvalue weighted by atomic mass is 10.2. The number of hydrogen-bond acceptors (Lipinski definition) is 4. The summed E-state index contributed by atoms with van der Waals surface area (Å²) in [6.45, 7) is 5.43. The summed E-state index contributed by atoms with van der Waals surface area (Å²) in [6, 6.07) is 5.10. The first kappa shape index (κ1) is 18.2. The molecule has 2 aliphatic rings. The molecular formula is C18H27N3O3S. The van der Waals surface area contributed by atoms with Gasteiger partial charge in [-0.1, -0.05) is 6.92 Å². The first-order valence-corrected chi connectivity index (χ1v) is 10.7. The van der Waals surface area contributed by atoms with Gasteiger partial charge in [-0.3, -0.25) is 4.79 Å². The first-order valence-electron chi connectivity index (χ1n) is 9.21. The fraction of sp³-hybridized carbons (Fsp3) is 0.611. The van der Waals surface area contributed by atoms with Gasteiger partial charge in [0, 0.05) is 38.3 Å². The third-order valence-corrected chi connectivity index (χ3v) is 6.81. The molecule has 1 aromatic carbocycles. The Balaban J connectivity index is 2.00. The lowest BCUT2D eigenvalue weighted by Crippen LogP contribution is -2.31. The zero-order valence-electron chi connectivity index (χ0n) is 14.8. The van der Waals surface area contributed by atoms with Crippen LogP contribution in [0.1, 0.15) is 49.4 Å². The van der Waals surface area contributed by atoms with Crippen LogP contribution >= 0.6 is 0 Å². The van der Waals surface area contributed by atoms with E-state index in [0.29, 0.717) is 25.2 Å². The summed E-state index contributed by atoms with van der Waals surface area (Å²) in [4.78, 5) is 14.7. The Morgan fingerprint density at radius 3 is 2.36 bits per heavy atom. The van der Waals surface area contributed by atoms with Crippen LogP contribution in [0.5, 0.6) is 0 Å². The molecule has 3 rings (SSSR count). The number of hydrogen-bond donors (Lipinski definition) is 1. The van der Waals surface area contributed by atoms with E-state index in [-0.39, 0.29) is 10.8 Å². The third kappa shape index (κ3) is 3.82. The molecule has 0 radical (unpaired) electrons. The van der Waals surface area contributed by atoms with Gasteiger partial charge in [0.05, 0.1) is 5.69 Å². The van der Waals surface area contributed by atoms with Crippen molar-refractivity contribution in [3.63, 3.8) is 0 Å². The molecule has 1 aromatic rings. The maximum Gasteiger partial charge on any atom is 0.251 e. The molecule has 2 aliphatic heterocycles. The largest absolute Gasteiger partial charge is 0.370 e. The lowest BCUT2D eigenvalue weighted by molar-refractivity contribution is 0.0953. The van der Waals surface area contributed by atoms with E-state index in [9.17, 15) is 13.2 Å². The van der Waals surface area contributed by atoms with Crippen molar-refractivity contribution >= 4 is 21.6 Å². The van der Waals surface area contributed by atoms with Gasteiger partial charge in [-0.15, -0.1) is 0 Å². The maximum atomic E-state index is 13.2. The zero-order valence-corrected chi connectivity index (χ0v) is 15.6. The van der Waals surface area contributed by atoms with Crippen molar-refractivity contribution in [2.45, 2.75) is 43.9 Å². The molecule has 2 saturated heterocycles. The van der Waals surface area contributed by atoms with Gasteiger partial charge in [0.15, 0.2) is 0 Å². The van der Waals surface area contributed by atoms with Gasteiger partial charge in [-0.25, -0.2) is 8.42 Å². The molecule has 2 fully saturated rings. The van der Waals surface area contributed by atoms with Gasteiger partial charge in [-0.05, 0) is 50.3 Å². The van der Waals surface area contributed by atoms with E-state index in [1.165, 1.54) is 0 Å². The molecule has 0 saturated carbocycles. The minimum atomic E-state index is -3.57. The van der Waals surface area contributed by atoms with Gasteiger partial charge in [-0.2, -0.15) is 4.31 Å². The molecule has 6 nitrogen and oxygen atoms in total. The second kappa shape index (κ2) is 7.74. The van der Waals surface area contributed by atoms with E-state index >= 15 is 0 Å². The molecule has 0 spiro atoms. The average Bonchev–Trinajstić information content (AvgIpc) is 3.32. The summed E-state index contributed by atoms with van der Waals surface area (Å²) in [7, 11) is -3.57. The van der Waals surface area contributed by atoms with Crippen LogP contribution in [0.2, 0.25) is 0 Å². The van der Waals surface area contributed by atoms with Crippen LogP contribution in [0.25, 0.3) is 0 Å². The summed E-state index contributed by atoms with van der Waals surface area (Å²) in [5.41, 5.74) is 1.14. The summed E-state index contributed by atoms with van der Waals surface area (Å²) in [5, 5.41) is 2.82. The number of carbonyl (C=O) groups excluding carboxylic acids is 1. The van der Waals surface area contributed by atoms with Crippen LogP contribution in [0, 0.1) is 0 Å². The molecular weight excluding hydrogens is 338 g/mol. The van der Waals surface area contributed by atoms with Crippen molar-refractivity contribution < 1.29 is 13.2 Å². The normalized spacial score (nSPS) is 18.7. The molecule has 0 bridgehead atoms. The Labute approximate surface area is 150 Å². The second-order valence-electron chi connectivity index (χ2n) is 6.74. The molecule has 138 valence electrons. The van der Waals surface area contributed by atoms with Crippen molar-refractivity contribution in [1.29, 1.82) is 0 Å². The van der Waals surface area contributed by atoms with Gasteiger partial charge < -0.3 is 10.2 Å². The van der Waals surface area contributed by atoms with Gasteiger partial charge in [0.2, 0.25) is 10.0 Å². The summed E-state index contributed by atoms with van der Waals surface area (Å²) < 4.78 is 27.9. The van der Waals surface area contributed by atoms with Gasteiger partial charge >= 0.3 is 0 Å². The Bertz CT molecular complexity index is 721. The van der Waals surface area contributed by atoms with E-state index in [1.54, 1.807) is 22.5 Å². The predicted molar refractivity (Wildman–Crippen MR) is 98.5 cm³/mol. The monoisotopic (exact) mass is 365 g/mol. The van der Waals surface area contributed by atoms with Crippen molar-refractivity contribution in [3.05, 3.63) is 23.8 Å². The number of sulfonamides is 1. The highest BCUT2D eigenvalue weighted by Crippen LogP contribution is 2.32. The number of anilines is 1. The highest BCUT2D eigenvalue weighted by molar-refractivity contribution is 7.89. The SMILES string of the molecule is CCCNC(=O)c1ccc(N2CCCC2)c(S(=O)(=O)N2CCCC2)c1. The molecule has 0 atom stereocenters. The third-order valence-electron chi connectivity index (χ3n) is 4.89. The number of carbonyl (C=O) groups is 1. The number of amides is 1. The van der Waals surface area contributed by atoms with E-state index < -0.39 is 10.0 Å². The Morgan fingerprint density at radius 1 is 1.08 bits per heavy atom. The summed E-state index contributed by atoms with van der Waals surface area (Å²) in [5.74, 6) is -0.215. The molecule has 0 aliphatic carbocycles. The minimum absolute atomic E-state index is 0.215. The summed E-state index contributed by atoms with van der Waals surface area (Å²) in [6.07, 6.45) is 4.78. The molecule has 2 heterocycles. The van der Waals surface area contributed by atoms with Gasteiger partial charge in [0.1, 0.15) is 4.90 Å². The maximum absolute atomic E-state index is 13.2. The zero-order chi connectivity index (χ0) is 17.9. The standard InChI is InChI=1S/C18H27N3O3S/c1-2-9-19-18(22)15-7-8-16(20-10-3-4-11-20)17(14-15)25(23,24)21-12-5-6-13-21/h7-8,14H,2-6,9-13H2,1H3,(H,19,22). The number of rotatable bonds is 6. The van der Waals surface area contributed by atoms with Crippen LogP contribution in [0.15, 0.2) is 23.1 Å². The second-order valence-corrected chi connectivity index (χ2v) is 8.65. The van der Waals surface area contributed by atoms with Crippen molar-refractivity contribution in [1.82, 2.24) is 9.62 Å². The topological polar surface area (TPSA) is 69.7 Å². The van der Waals surface area contributed by atoms with E-state index in [0.717, 1.165) is 50.9 Å². The molecule has 1 N–H and O–H groups in total. The first-order chi connectivity index (χ1) is 12.0. The van der Waals surface area contributed by atoms with E-state index in [1.807, 2.05) is 6.92 Å². The number of nitrogens with zero attached hydrogens (tertiary/aromatic N) is 2. The van der Waals surface area contributed by atoms with E-state index in [4.69, 9.17) is 0 Å². The van der Waals surface area contributed by atoms with Crippen LogP contribution in [-0.4, -0.2) is 51.4 Å². The highest BCUT2D eigenvalue weighted by Gasteiger charge is 2.32. The number of nitrogens with one attached hydrogen (secondary N) is 1. The Hall–Kier alpha value is -1.60. The predicted octanol–water partition coefficient (Wildman–Crippen LogP) is 2.21. The molecule has 7 heteroatoms.